The Morgan fingerprint density at radius 1 is 1.62 bits per heavy atom. The summed E-state index contributed by atoms with van der Waals surface area (Å²) in [6.07, 6.45) is 8.48. The highest BCUT2D eigenvalue weighted by Gasteiger charge is 2.23. The molecule has 1 unspecified atom stereocenters. The first-order valence-electron chi connectivity index (χ1n) is 4.71. The zero-order valence-electron chi connectivity index (χ0n) is 8.35. The van der Waals surface area contributed by atoms with Gasteiger partial charge in [0.1, 0.15) is 0 Å². The Bertz CT molecular complexity index is 220. The second-order valence-corrected chi connectivity index (χ2v) is 4.55. The second kappa shape index (κ2) is 4.97. The van der Waals surface area contributed by atoms with E-state index < -0.39 is 0 Å². The van der Waals surface area contributed by atoms with Crippen LogP contribution in [-0.4, -0.2) is 17.5 Å². The van der Waals surface area contributed by atoms with Gasteiger partial charge in [0.2, 0.25) is 0 Å². The number of hydrogen-bond donors (Lipinski definition) is 0. The zero-order valence-corrected chi connectivity index (χ0v) is 9.93. The lowest BCUT2D eigenvalue weighted by molar-refractivity contribution is 0.00594. The van der Waals surface area contributed by atoms with E-state index in [1.807, 2.05) is 0 Å². The topological polar surface area (TPSA) is 9.23 Å². The average molecular weight is 245 g/mol. The van der Waals surface area contributed by atoms with Crippen molar-refractivity contribution in [2.75, 3.05) is 11.9 Å². The Kier molecular flexibility index (Phi) is 4.20. The van der Waals surface area contributed by atoms with Gasteiger partial charge in [0.25, 0.3) is 0 Å². The van der Waals surface area contributed by atoms with E-state index in [0.717, 1.165) is 24.8 Å². The fraction of sp³-hybridized carbons (Fsp3) is 0.636. The average Bonchev–Trinajstić information content (AvgIpc) is 2.04. The molecule has 13 heavy (non-hydrogen) atoms. The Balaban J connectivity index is 2.39. The number of halogens is 1. The van der Waals surface area contributed by atoms with Gasteiger partial charge >= 0.3 is 0 Å². The normalized spacial score (nSPS) is 27.5. The third kappa shape index (κ3) is 3.65. The van der Waals surface area contributed by atoms with Gasteiger partial charge in [-0.3, -0.25) is 0 Å². The lowest BCUT2D eigenvalue weighted by Crippen LogP contribution is -2.28. The van der Waals surface area contributed by atoms with Crippen LogP contribution in [0.2, 0.25) is 0 Å². The summed E-state index contributed by atoms with van der Waals surface area (Å²) < 4.78 is 5.82. The van der Waals surface area contributed by atoms with Crippen LogP contribution in [0, 0.1) is 0 Å². The highest BCUT2D eigenvalue weighted by molar-refractivity contribution is 9.09. The van der Waals surface area contributed by atoms with Crippen LogP contribution in [0.1, 0.15) is 26.7 Å². The molecule has 0 aromatic carbocycles. The number of rotatable bonds is 4. The lowest BCUT2D eigenvalue weighted by atomic mass is 9.92. The highest BCUT2D eigenvalue weighted by atomic mass is 79.9. The Labute approximate surface area is 89.0 Å². The van der Waals surface area contributed by atoms with Crippen LogP contribution in [-0.2, 0) is 4.74 Å². The fourth-order valence-electron chi connectivity index (χ4n) is 1.55. The van der Waals surface area contributed by atoms with Gasteiger partial charge in [-0.15, -0.1) is 0 Å². The molecule has 1 atom stereocenters. The third-order valence-electron chi connectivity index (χ3n) is 2.17. The van der Waals surface area contributed by atoms with Crippen molar-refractivity contribution in [3.63, 3.8) is 0 Å². The van der Waals surface area contributed by atoms with Gasteiger partial charge in [0.15, 0.2) is 0 Å². The summed E-state index contributed by atoms with van der Waals surface area (Å²) in [6, 6.07) is 0. The van der Waals surface area contributed by atoms with Gasteiger partial charge in [-0.25, -0.2) is 0 Å². The maximum atomic E-state index is 5.82. The van der Waals surface area contributed by atoms with Crippen LogP contribution in [0.3, 0.4) is 0 Å². The van der Waals surface area contributed by atoms with Crippen LogP contribution >= 0.6 is 15.9 Å². The molecule has 0 fully saturated rings. The second-order valence-electron chi connectivity index (χ2n) is 3.75. The van der Waals surface area contributed by atoms with Gasteiger partial charge in [-0.1, -0.05) is 39.7 Å². The van der Waals surface area contributed by atoms with E-state index >= 15 is 0 Å². The zero-order chi connectivity index (χ0) is 9.73. The Morgan fingerprint density at radius 2 is 2.38 bits per heavy atom. The molecule has 0 bridgehead atoms. The Morgan fingerprint density at radius 3 is 3.00 bits per heavy atom. The highest BCUT2D eigenvalue weighted by Crippen LogP contribution is 2.26. The molecule has 0 aliphatic heterocycles. The van der Waals surface area contributed by atoms with Gasteiger partial charge in [-0.2, -0.15) is 0 Å². The quantitative estimate of drug-likeness (QED) is 0.544. The maximum absolute atomic E-state index is 5.82. The summed E-state index contributed by atoms with van der Waals surface area (Å²) in [5, 5.41) is 1.02. The first-order chi connectivity index (χ1) is 6.16. The molecule has 0 aromatic heterocycles. The van der Waals surface area contributed by atoms with Crippen LogP contribution in [0.15, 0.2) is 23.8 Å². The molecule has 0 N–H and O–H groups in total. The predicted octanol–water partition coefficient (Wildman–Crippen LogP) is 3.45. The van der Waals surface area contributed by atoms with Crippen molar-refractivity contribution in [3.8, 4) is 0 Å². The molecule has 0 spiro atoms. The van der Waals surface area contributed by atoms with Crippen molar-refractivity contribution in [1.29, 1.82) is 0 Å². The van der Waals surface area contributed by atoms with Crippen molar-refractivity contribution >= 4 is 15.9 Å². The smallest absolute Gasteiger partial charge is 0.0874 e. The monoisotopic (exact) mass is 244 g/mol. The predicted molar refractivity (Wildman–Crippen MR) is 60.3 cm³/mol. The van der Waals surface area contributed by atoms with E-state index in [-0.39, 0.29) is 5.60 Å². The van der Waals surface area contributed by atoms with E-state index in [1.165, 1.54) is 5.57 Å². The minimum atomic E-state index is -0.0684. The first kappa shape index (κ1) is 11.0. The molecule has 0 saturated carbocycles. The molecular formula is C11H17BrO. The lowest BCUT2D eigenvalue weighted by Gasteiger charge is -2.29. The number of hydrogen-bond acceptors (Lipinski definition) is 1. The van der Waals surface area contributed by atoms with E-state index in [0.29, 0.717) is 0 Å². The third-order valence-corrected chi connectivity index (χ3v) is 2.73. The molecular weight excluding hydrogens is 228 g/mol. The number of alkyl halides is 1. The van der Waals surface area contributed by atoms with E-state index in [9.17, 15) is 0 Å². The maximum Gasteiger partial charge on any atom is 0.0874 e. The summed E-state index contributed by atoms with van der Waals surface area (Å²) in [4.78, 5) is 0. The largest absolute Gasteiger partial charge is 0.371 e. The minimum Gasteiger partial charge on any atom is -0.371 e. The van der Waals surface area contributed by atoms with Gasteiger partial charge in [0.05, 0.1) is 5.60 Å². The van der Waals surface area contributed by atoms with Gasteiger partial charge in [0, 0.05) is 18.4 Å². The van der Waals surface area contributed by atoms with E-state index in [4.69, 9.17) is 4.74 Å². The van der Waals surface area contributed by atoms with Crippen molar-refractivity contribution in [2.45, 2.75) is 32.3 Å². The van der Waals surface area contributed by atoms with Crippen LogP contribution in [0.25, 0.3) is 0 Å². The molecule has 0 heterocycles. The summed E-state index contributed by atoms with van der Waals surface area (Å²) >= 11 is 3.39. The standard InChI is InChI=1S/C11H17BrO/c1-10-5-3-6-11(2,9-10)13-8-4-7-12/h3,5-6H,4,7-9H2,1-2H3. The van der Waals surface area contributed by atoms with Gasteiger partial charge in [-0.05, 0) is 20.3 Å². The van der Waals surface area contributed by atoms with Crippen LogP contribution in [0.5, 0.6) is 0 Å². The van der Waals surface area contributed by atoms with Crippen molar-refractivity contribution < 1.29 is 4.74 Å². The first-order valence-corrected chi connectivity index (χ1v) is 5.83. The molecule has 1 rings (SSSR count). The SMILES string of the molecule is CC1=CC=CC(C)(OCCCBr)C1. The van der Waals surface area contributed by atoms with Crippen LogP contribution < -0.4 is 0 Å². The molecule has 2 heteroatoms. The molecule has 1 aliphatic rings. The number of ether oxygens (including phenoxy) is 1. The van der Waals surface area contributed by atoms with Crippen LogP contribution in [0.4, 0.5) is 0 Å². The van der Waals surface area contributed by atoms with E-state index in [2.05, 4.69) is 48.0 Å². The molecule has 0 aromatic rings. The van der Waals surface area contributed by atoms with E-state index in [1.54, 1.807) is 0 Å². The van der Waals surface area contributed by atoms with Crippen molar-refractivity contribution in [3.05, 3.63) is 23.8 Å². The summed E-state index contributed by atoms with van der Waals surface area (Å²) in [7, 11) is 0. The Hall–Kier alpha value is -0.0800. The summed E-state index contributed by atoms with van der Waals surface area (Å²) in [5.74, 6) is 0. The number of allylic oxidation sites excluding steroid dienone is 2. The van der Waals surface area contributed by atoms with Gasteiger partial charge < -0.3 is 4.74 Å². The molecule has 0 radical (unpaired) electrons. The summed E-state index contributed by atoms with van der Waals surface area (Å²) in [5.41, 5.74) is 1.32. The van der Waals surface area contributed by atoms with Crippen molar-refractivity contribution in [2.24, 2.45) is 0 Å². The summed E-state index contributed by atoms with van der Waals surface area (Å²) in [6.45, 7) is 5.13. The fourth-order valence-corrected chi connectivity index (χ4v) is 1.78. The molecule has 0 saturated heterocycles. The molecule has 1 nitrogen and oxygen atoms in total. The molecule has 74 valence electrons. The molecule has 1 aliphatic carbocycles. The molecule has 0 amide bonds. The minimum absolute atomic E-state index is 0.0684. The van der Waals surface area contributed by atoms with Crippen molar-refractivity contribution in [1.82, 2.24) is 0 Å².